The molecule has 0 aliphatic carbocycles. The lowest BCUT2D eigenvalue weighted by Gasteiger charge is -2.19. The molecule has 0 fully saturated rings. The number of hydrogen-bond donors (Lipinski definition) is 0. The average Bonchev–Trinajstić information content (AvgIpc) is 2.55. The Hall–Kier alpha value is -2.83. The highest BCUT2D eigenvalue weighted by Crippen LogP contribution is 2.27. The van der Waals surface area contributed by atoms with Crippen molar-refractivity contribution in [1.82, 2.24) is 0 Å². The molecule has 0 spiro atoms. The van der Waals surface area contributed by atoms with Gasteiger partial charge in [-0.2, -0.15) is 0 Å². The zero-order valence-electron chi connectivity index (χ0n) is 12.9. The van der Waals surface area contributed by atoms with Crippen molar-refractivity contribution in [3.05, 3.63) is 58.4 Å². The minimum Gasteiger partial charge on any atom is -0.497 e. The normalized spacial score (nSPS) is 10.2. The van der Waals surface area contributed by atoms with Crippen molar-refractivity contribution in [2.24, 2.45) is 0 Å². The fraction of sp³-hybridized carbons (Fsp3) is 0.250. The van der Waals surface area contributed by atoms with E-state index >= 15 is 0 Å². The molecule has 0 aliphatic heterocycles. The Labute approximate surface area is 133 Å². The molecule has 0 amide bonds. The lowest BCUT2D eigenvalue weighted by molar-refractivity contribution is -0.384. The standard InChI is InChI=1S/C16H17FN2O4/c1-18(15-8-3-12(17)11-16(15)19(20)21)9-10-23-14-6-4-13(22-2)5-7-14/h3-8,11H,9-10H2,1-2H3. The van der Waals surface area contributed by atoms with Crippen molar-refractivity contribution in [2.75, 3.05) is 32.2 Å². The summed E-state index contributed by atoms with van der Waals surface area (Å²) in [5.41, 5.74) is 0.0756. The van der Waals surface area contributed by atoms with Gasteiger partial charge in [-0.05, 0) is 36.4 Å². The van der Waals surface area contributed by atoms with E-state index in [1.165, 1.54) is 12.1 Å². The molecule has 2 aromatic carbocycles. The van der Waals surface area contributed by atoms with Gasteiger partial charge in [0.15, 0.2) is 0 Å². The number of hydrogen-bond acceptors (Lipinski definition) is 5. The van der Waals surface area contributed by atoms with Gasteiger partial charge >= 0.3 is 0 Å². The van der Waals surface area contributed by atoms with E-state index in [9.17, 15) is 14.5 Å². The zero-order chi connectivity index (χ0) is 16.8. The van der Waals surface area contributed by atoms with Gasteiger partial charge in [0.25, 0.3) is 5.69 Å². The van der Waals surface area contributed by atoms with E-state index in [-0.39, 0.29) is 5.69 Å². The van der Waals surface area contributed by atoms with E-state index in [2.05, 4.69) is 0 Å². The molecule has 6 nitrogen and oxygen atoms in total. The summed E-state index contributed by atoms with van der Waals surface area (Å²) in [6.07, 6.45) is 0. The molecule has 0 aromatic heterocycles. The van der Waals surface area contributed by atoms with Crippen LogP contribution < -0.4 is 14.4 Å². The second kappa shape index (κ2) is 7.44. The number of benzene rings is 2. The number of ether oxygens (including phenoxy) is 2. The van der Waals surface area contributed by atoms with Crippen LogP contribution in [0.4, 0.5) is 15.8 Å². The molecule has 0 atom stereocenters. The first-order valence-electron chi connectivity index (χ1n) is 6.93. The fourth-order valence-electron chi connectivity index (χ4n) is 2.06. The van der Waals surface area contributed by atoms with Crippen LogP contribution in [0.1, 0.15) is 0 Å². The van der Waals surface area contributed by atoms with Crippen molar-refractivity contribution in [2.45, 2.75) is 0 Å². The number of rotatable bonds is 7. The molecule has 0 radical (unpaired) electrons. The molecule has 0 bridgehead atoms. The highest BCUT2D eigenvalue weighted by Gasteiger charge is 2.18. The van der Waals surface area contributed by atoms with Crippen molar-refractivity contribution < 1.29 is 18.8 Å². The Morgan fingerprint density at radius 2 is 1.83 bits per heavy atom. The van der Waals surface area contributed by atoms with Gasteiger partial charge in [0.2, 0.25) is 0 Å². The van der Waals surface area contributed by atoms with Gasteiger partial charge in [0, 0.05) is 7.05 Å². The van der Waals surface area contributed by atoms with Crippen molar-refractivity contribution >= 4 is 11.4 Å². The van der Waals surface area contributed by atoms with E-state index in [0.717, 1.165) is 11.8 Å². The molecule has 0 saturated heterocycles. The SMILES string of the molecule is COc1ccc(OCCN(C)c2ccc(F)cc2[N+](=O)[O-])cc1. The Kier molecular flexibility index (Phi) is 5.35. The molecular formula is C16H17FN2O4. The Balaban J connectivity index is 1.96. The van der Waals surface area contributed by atoms with Gasteiger partial charge in [0.1, 0.15) is 29.6 Å². The second-order valence-electron chi connectivity index (χ2n) is 4.84. The molecule has 0 N–H and O–H groups in total. The monoisotopic (exact) mass is 320 g/mol. The maximum absolute atomic E-state index is 13.1. The van der Waals surface area contributed by atoms with E-state index in [0.29, 0.717) is 24.6 Å². The van der Waals surface area contributed by atoms with Crippen LogP contribution in [0.2, 0.25) is 0 Å². The highest BCUT2D eigenvalue weighted by atomic mass is 19.1. The van der Waals surface area contributed by atoms with E-state index < -0.39 is 10.7 Å². The first-order chi connectivity index (χ1) is 11.0. The van der Waals surface area contributed by atoms with Crippen LogP contribution in [0.5, 0.6) is 11.5 Å². The van der Waals surface area contributed by atoms with E-state index in [1.54, 1.807) is 43.3 Å². The Morgan fingerprint density at radius 1 is 1.17 bits per heavy atom. The van der Waals surface area contributed by atoms with Gasteiger partial charge < -0.3 is 14.4 Å². The van der Waals surface area contributed by atoms with Crippen LogP contribution in [0, 0.1) is 15.9 Å². The average molecular weight is 320 g/mol. The number of methoxy groups -OCH3 is 1. The largest absolute Gasteiger partial charge is 0.497 e. The lowest BCUT2D eigenvalue weighted by Crippen LogP contribution is -2.24. The van der Waals surface area contributed by atoms with Crippen LogP contribution in [0.25, 0.3) is 0 Å². The first-order valence-corrected chi connectivity index (χ1v) is 6.93. The highest BCUT2D eigenvalue weighted by molar-refractivity contribution is 5.62. The maximum Gasteiger partial charge on any atom is 0.295 e. The molecule has 2 aromatic rings. The second-order valence-corrected chi connectivity index (χ2v) is 4.84. The number of nitro groups is 1. The van der Waals surface area contributed by atoms with Crippen LogP contribution in [-0.2, 0) is 0 Å². The number of anilines is 1. The van der Waals surface area contributed by atoms with Crippen LogP contribution in [0.3, 0.4) is 0 Å². The maximum atomic E-state index is 13.1. The molecule has 0 aliphatic rings. The number of halogens is 1. The molecule has 7 heteroatoms. The van der Waals surface area contributed by atoms with Gasteiger partial charge in [-0.1, -0.05) is 0 Å². The molecule has 23 heavy (non-hydrogen) atoms. The van der Waals surface area contributed by atoms with Crippen LogP contribution in [-0.4, -0.2) is 32.2 Å². The summed E-state index contributed by atoms with van der Waals surface area (Å²) in [6.45, 7) is 0.746. The van der Waals surface area contributed by atoms with Crippen molar-refractivity contribution in [1.29, 1.82) is 0 Å². The summed E-state index contributed by atoms with van der Waals surface area (Å²) >= 11 is 0. The minimum atomic E-state index is -0.636. The van der Waals surface area contributed by atoms with E-state index in [4.69, 9.17) is 9.47 Å². The Morgan fingerprint density at radius 3 is 2.43 bits per heavy atom. The summed E-state index contributed by atoms with van der Waals surface area (Å²) in [5.74, 6) is 0.771. The van der Waals surface area contributed by atoms with Gasteiger partial charge in [-0.3, -0.25) is 10.1 Å². The summed E-state index contributed by atoms with van der Waals surface area (Å²) < 4.78 is 23.8. The van der Waals surface area contributed by atoms with Gasteiger partial charge in [0.05, 0.1) is 24.6 Å². The number of nitro benzene ring substituents is 1. The summed E-state index contributed by atoms with van der Waals surface area (Å²) in [5, 5.41) is 11.0. The first kappa shape index (κ1) is 16.5. The molecule has 122 valence electrons. The smallest absolute Gasteiger partial charge is 0.295 e. The Bertz CT molecular complexity index is 676. The molecule has 2 rings (SSSR count). The minimum absolute atomic E-state index is 0.267. The number of likely N-dealkylation sites (N-methyl/N-ethyl adjacent to an activating group) is 1. The van der Waals surface area contributed by atoms with Gasteiger partial charge in [-0.25, -0.2) is 4.39 Å². The van der Waals surface area contributed by atoms with Crippen LogP contribution in [0.15, 0.2) is 42.5 Å². The number of nitrogens with zero attached hydrogens (tertiary/aromatic N) is 2. The molecule has 0 unspecified atom stereocenters. The van der Waals surface area contributed by atoms with Crippen molar-refractivity contribution in [3.8, 4) is 11.5 Å². The van der Waals surface area contributed by atoms with Crippen LogP contribution >= 0.6 is 0 Å². The molecule has 0 heterocycles. The third-order valence-corrected chi connectivity index (χ3v) is 3.30. The molecular weight excluding hydrogens is 303 g/mol. The fourth-order valence-corrected chi connectivity index (χ4v) is 2.06. The van der Waals surface area contributed by atoms with E-state index in [1.807, 2.05) is 0 Å². The summed E-state index contributed by atoms with van der Waals surface area (Å²) in [7, 11) is 3.28. The summed E-state index contributed by atoms with van der Waals surface area (Å²) in [4.78, 5) is 12.1. The quantitative estimate of drug-likeness (QED) is 0.579. The lowest BCUT2D eigenvalue weighted by atomic mass is 10.2. The zero-order valence-corrected chi connectivity index (χ0v) is 12.9. The third kappa shape index (κ3) is 4.32. The molecule has 0 saturated carbocycles. The van der Waals surface area contributed by atoms with Gasteiger partial charge in [-0.15, -0.1) is 0 Å². The predicted molar refractivity (Wildman–Crippen MR) is 84.8 cm³/mol. The predicted octanol–water partition coefficient (Wildman–Crippen LogP) is 3.26. The topological polar surface area (TPSA) is 64.8 Å². The third-order valence-electron chi connectivity index (χ3n) is 3.30. The summed E-state index contributed by atoms with van der Waals surface area (Å²) in [6, 6.07) is 10.6. The van der Waals surface area contributed by atoms with Crippen molar-refractivity contribution in [3.63, 3.8) is 0 Å².